The summed E-state index contributed by atoms with van der Waals surface area (Å²) in [5.74, 6) is -0.632. The predicted octanol–water partition coefficient (Wildman–Crippen LogP) is 3.46. The topological polar surface area (TPSA) is 59.8 Å². The van der Waals surface area contributed by atoms with E-state index in [1.54, 1.807) is 23.0 Å². The summed E-state index contributed by atoms with van der Waals surface area (Å²) in [6, 6.07) is 13.7. The van der Waals surface area contributed by atoms with Crippen LogP contribution in [0.3, 0.4) is 0 Å². The van der Waals surface area contributed by atoms with Gasteiger partial charge in [0.1, 0.15) is 5.82 Å². The number of carbonyl (C=O) groups excluding carboxylic acids is 1. The molecule has 1 aromatic heterocycles. The van der Waals surface area contributed by atoms with Gasteiger partial charge in [0.25, 0.3) is 5.91 Å². The average Bonchev–Trinajstić information content (AvgIpc) is 3.12. The Balaban J connectivity index is 1.70. The van der Waals surface area contributed by atoms with Gasteiger partial charge in [-0.15, -0.1) is 5.10 Å². The Labute approximate surface area is 145 Å². The van der Waals surface area contributed by atoms with Crippen molar-refractivity contribution in [2.45, 2.75) is 26.3 Å². The molecule has 3 aromatic rings. The van der Waals surface area contributed by atoms with E-state index in [1.165, 1.54) is 17.7 Å². The zero-order chi connectivity index (χ0) is 17.8. The van der Waals surface area contributed by atoms with E-state index >= 15 is 0 Å². The fraction of sp³-hybridized carbons (Fsp3) is 0.211. The number of hydrogen-bond donors (Lipinski definition) is 1. The molecule has 0 aliphatic carbocycles. The SMILES string of the molecule is CCc1ccc(-n2cc(C(=O)N[C@H](C)c3ccc(F)cc3)nn2)cc1. The first-order valence-electron chi connectivity index (χ1n) is 8.15. The van der Waals surface area contributed by atoms with E-state index in [1.807, 2.05) is 31.2 Å². The van der Waals surface area contributed by atoms with E-state index in [0.717, 1.165) is 17.7 Å². The summed E-state index contributed by atoms with van der Waals surface area (Å²) in [4.78, 5) is 12.3. The molecule has 3 rings (SSSR count). The molecule has 128 valence electrons. The van der Waals surface area contributed by atoms with Crippen molar-refractivity contribution in [3.05, 3.63) is 77.4 Å². The third-order valence-electron chi connectivity index (χ3n) is 4.05. The van der Waals surface area contributed by atoms with Gasteiger partial charge in [-0.1, -0.05) is 36.4 Å². The molecule has 0 saturated carbocycles. The minimum absolute atomic E-state index is 0.230. The average molecular weight is 338 g/mol. The molecule has 1 heterocycles. The lowest BCUT2D eigenvalue weighted by Crippen LogP contribution is -2.27. The Morgan fingerprint density at radius 2 is 1.84 bits per heavy atom. The first-order chi connectivity index (χ1) is 12.1. The number of amides is 1. The molecular formula is C19H19FN4O. The molecule has 2 aromatic carbocycles. The van der Waals surface area contributed by atoms with Crippen molar-refractivity contribution in [1.82, 2.24) is 20.3 Å². The maximum Gasteiger partial charge on any atom is 0.273 e. The molecule has 0 fully saturated rings. The standard InChI is InChI=1S/C19H19FN4O/c1-3-14-4-10-17(11-5-14)24-12-18(22-23-24)19(25)21-13(2)15-6-8-16(20)9-7-15/h4-13H,3H2,1-2H3,(H,21,25)/t13-/m1/s1. The molecule has 1 N–H and O–H groups in total. The van der Waals surface area contributed by atoms with Crippen molar-refractivity contribution in [3.8, 4) is 5.69 Å². The van der Waals surface area contributed by atoms with Crippen molar-refractivity contribution in [1.29, 1.82) is 0 Å². The Morgan fingerprint density at radius 1 is 1.16 bits per heavy atom. The van der Waals surface area contributed by atoms with Gasteiger partial charge in [0, 0.05) is 0 Å². The third-order valence-corrected chi connectivity index (χ3v) is 4.05. The Hall–Kier alpha value is -3.02. The van der Waals surface area contributed by atoms with Gasteiger partial charge in [-0.2, -0.15) is 0 Å². The Kier molecular flexibility index (Phi) is 4.88. The molecule has 0 unspecified atom stereocenters. The Morgan fingerprint density at radius 3 is 2.48 bits per heavy atom. The lowest BCUT2D eigenvalue weighted by molar-refractivity contribution is 0.0934. The fourth-order valence-corrected chi connectivity index (χ4v) is 2.48. The lowest BCUT2D eigenvalue weighted by atomic mass is 10.1. The number of rotatable bonds is 5. The number of aryl methyl sites for hydroxylation is 1. The summed E-state index contributed by atoms with van der Waals surface area (Å²) in [6.07, 6.45) is 2.56. The summed E-state index contributed by atoms with van der Waals surface area (Å²) in [5.41, 5.74) is 3.12. The first kappa shape index (κ1) is 16.8. The quantitative estimate of drug-likeness (QED) is 0.775. The molecule has 0 aliphatic rings. The molecule has 0 aliphatic heterocycles. The molecule has 1 atom stereocenters. The van der Waals surface area contributed by atoms with Gasteiger partial charge in [0.05, 0.1) is 17.9 Å². The molecule has 5 nitrogen and oxygen atoms in total. The highest BCUT2D eigenvalue weighted by Crippen LogP contribution is 2.14. The van der Waals surface area contributed by atoms with Gasteiger partial charge >= 0.3 is 0 Å². The molecule has 1 amide bonds. The highest BCUT2D eigenvalue weighted by atomic mass is 19.1. The molecule has 6 heteroatoms. The molecule has 0 bridgehead atoms. The number of carbonyl (C=O) groups is 1. The highest BCUT2D eigenvalue weighted by molar-refractivity contribution is 5.92. The van der Waals surface area contributed by atoms with Gasteiger partial charge < -0.3 is 5.32 Å². The van der Waals surface area contributed by atoms with Crippen LogP contribution >= 0.6 is 0 Å². The summed E-state index contributed by atoms with van der Waals surface area (Å²) in [7, 11) is 0. The summed E-state index contributed by atoms with van der Waals surface area (Å²) in [5, 5.41) is 10.8. The molecular weight excluding hydrogens is 319 g/mol. The molecule has 25 heavy (non-hydrogen) atoms. The number of benzene rings is 2. The number of nitrogens with one attached hydrogen (secondary N) is 1. The van der Waals surface area contributed by atoms with Crippen LogP contribution in [0.5, 0.6) is 0 Å². The zero-order valence-corrected chi connectivity index (χ0v) is 14.1. The first-order valence-corrected chi connectivity index (χ1v) is 8.15. The van der Waals surface area contributed by atoms with Crippen LogP contribution in [0, 0.1) is 5.82 Å². The lowest BCUT2D eigenvalue weighted by Gasteiger charge is -2.13. The predicted molar refractivity (Wildman–Crippen MR) is 93.0 cm³/mol. The summed E-state index contributed by atoms with van der Waals surface area (Å²) < 4.78 is 14.5. The summed E-state index contributed by atoms with van der Waals surface area (Å²) >= 11 is 0. The van der Waals surface area contributed by atoms with Crippen LogP contribution in [0.1, 0.15) is 41.5 Å². The van der Waals surface area contributed by atoms with Crippen molar-refractivity contribution in [2.24, 2.45) is 0 Å². The fourth-order valence-electron chi connectivity index (χ4n) is 2.48. The monoisotopic (exact) mass is 338 g/mol. The minimum atomic E-state index is -0.326. The third kappa shape index (κ3) is 3.91. The number of nitrogens with zero attached hydrogens (tertiary/aromatic N) is 3. The van der Waals surface area contributed by atoms with Gasteiger partial charge in [-0.05, 0) is 48.7 Å². The van der Waals surface area contributed by atoms with Gasteiger partial charge in [0.15, 0.2) is 5.69 Å². The van der Waals surface area contributed by atoms with E-state index < -0.39 is 0 Å². The van der Waals surface area contributed by atoms with Crippen LogP contribution in [-0.4, -0.2) is 20.9 Å². The molecule has 0 saturated heterocycles. The minimum Gasteiger partial charge on any atom is -0.344 e. The van der Waals surface area contributed by atoms with Crippen LogP contribution < -0.4 is 5.32 Å². The summed E-state index contributed by atoms with van der Waals surface area (Å²) in [6.45, 7) is 3.92. The second kappa shape index (κ2) is 7.25. The molecule has 0 radical (unpaired) electrons. The van der Waals surface area contributed by atoms with Crippen LogP contribution in [0.15, 0.2) is 54.7 Å². The van der Waals surface area contributed by atoms with Crippen molar-refractivity contribution in [3.63, 3.8) is 0 Å². The van der Waals surface area contributed by atoms with E-state index in [9.17, 15) is 9.18 Å². The van der Waals surface area contributed by atoms with Crippen molar-refractivity contribution >= 4 is 5.91 Å². The van der Waals surface area contributed by atoms with Crippen LogP contribution in [0.2, 0.25) is 0 Å². The smallest absolute Gasteiger partial charge is 0.273 e. The second-order valence-electron chi connectivity index (χ2n) is 5.82. The van der Waals surface area contributed by atoms with Crippen LogP contribution in [-0.2, 0) is 6.42 Å². The number of halogens is 1. The maximum absolute atomic E-state index is 13.0. The largest absolute Gasteiger partial charge is 0.344 e. The zero-order valence-electron chi connectivity index (χ0n) is 14.1. The van der Waals surface area contributed by atoms with E-state index in [2.05, 4.69) is 22.6 Å². The van der Waals surface area contributed by atoms with Crippen molar-refractivity contribution in [2.75, 3.05) is 0 Å². The van der Waals surface area contributed by atoms with Crippen molar-refractivity contribution < 1.29 is 9.18 Å². The van der Waals surface area contributed by atoms with Gasteiger partial charge in [-0.3, -0.25) is 4.79 Å². The van der Waals surface area contributed by atoms with Gasteiger partial charge in [0.2, 0.25) is 0 Å². The number of hydrogen-bond acceptors (Lipinski definition) is 3. The van der Waals surface area contributed by atoms with Crippen LogP contribution in [0.25, 0.3) is 5.69 Å². The van der Waals surface area contributed by atoms with E-state index in [4.69, 9.17) is 0 Å². The van der Waals surface area contributed by atoms with Gasteiger partial charge in [-0.25, -0.2) is 9.07 Å². The van der Waals surface area contributed by atoms with Crippen LogP contribution in [0.4, 0.5) is 4.39 Å². The molecule has 0 spiro atoms. The normalized spacial score (nSPS) is 12.0. The Bertz CT molecular complexity index is 856. The number of aromatic nitrogens is 3. The highest BCUT2D eigenvalue weighted by Gasteiger charge is 2.15. The van der Waals surface area contributed by atoms with E-state index in [0.29, 0.717) is 0 Å². The second-order valence-corrected chi connectivity index (χ2v) is 5.82. The maximum atomic E-state index is 13.0. The van der Waals surface area contributed by atoms with E-state index in [-0.39, 0.29) is 23.5 Å².